The molecule has 1 atom stereocenters. The molecule has 0 aliphatic rings. The van der Waals surface area contributed by atoms with Crippen molar-refractivity contribution >= 4 is 17.2 Å². The molecule has 0 aliphatic carbocycles. The Labute approximate surface area is 149 Å². The van der Waals surface area contributed by atoms with Gasteiger partial charge in [-0.1, -0.05) is 18.2 Å². The van der Waals surface area contributed by atoms with E-state index in [-0.39, 0.29) is 17.8 Å². The van der Waals surface area contributed by atoms with Crippen LogP contribution in [-0.4, -0.2) is 41.6 Å². The monoisotopic (exact) mass is 358 g/mol. The molecule has 0 bridgehead atoms. The first-order chi connectivity index (χ1) is 12.0. The van der Waals surface area contributed by atoms with Gasteiger partial charge in [0.2, 0.25) is 0 Å². The van der Waals surface area contributed by atoms with Crippen molar-refractivity contribution in [3.63, 3.8) is 0 Å². The second-order valence-corrected chi connectivity index (χ2v) is 6.84. The number of carbonyl (C=O) groups excluding carboxylic acids is 1. The maximum Gasteiger partial charge on any atom is 0.271 e. The van der Waals surface area contributed by atoms with Gasteiger partial charge in [-0.2, -0.15) is 5.10 Å². The maximum absolute atomic E-state index is 13.5. The molecule has 0 aliphatic heterocycles. The van der Waals surface area contributed by atoms with Crippen LogP contribution < -0.4 is 5.32 Å². The Morgan fingerprint density at radius 2 is 2.16 bits per heavy atom. The number of aromatic nitrogens is 2. The number of thiophene rings is 1. The van der Waals surface area contributed by atoms with Crippen LogP contribution in [0, 0.1) is 5.82 Å². The molecule has 25 heavy (non-hydrogen) atoms. The van der Waals surface area contributed by atoms with Gasteiger partial charge in [0, 0.05) is 6.54 Å². The van der Waals surface area contributed by atoms with Crippen LogP contribution in [-0.2, 0) is 0 Å². The van der Waals surface area contributed by atoms with Gasteiger partial charge < -0.3 is 10.2 Å². The molecule has 7 heteroatoms. The first kappa shape index (κ1) is 17.3. The number of benzene rings is 1. The standard InChI is InChI=1S/C18H19FN4OS/c1-23(2)16(12-5-3-6-13(19)9-12)11-20-18(24)15-10-14(21-22-15)17-7-4-8-25-17/h3-10,16H,11H2,1-2H3,(H,20,24)(H,21,22). The van der Waals surface area contributed by atoms with Crippen molar-refractivity contribution in [3.8, 4) is 10.6 Å². The van der Waals surface area contributed by atoms with Crippen molar-refractivity contribution in [2.24, 2.45) is 0 Å². The molecular weight excluding hydrogens is 339 g/mol. The topological polar surface area (TPSA) is 61.0 Å². The SMILES string of the molecule is CN(C)C(CNC(=O)c1cc(-c2cccs2)[nH]n1)c1cccc(F)c1. The Bertz CT molecular complexity index is 844. The maximum atomic E-state index is 13.5. The van der Waals surface area contributed by atoms with E-state index in [1.54, 1.807) is 23.5 Å². The van der Waals surface area contributed by atoms with E-state index in [4.69, 9.17) is 0 Å². The van der Waals surface area contributed by atoms with E-state index in [1.165, 1.54) is 12.1 Å². The number of amides is 1. The predicted molar refractivity (Wildman–Crippen MR) is 97.1 cm³/mol. The summed E-state index contributed by atoms with van der Waals surface area (Å²) in [4.78, 5) is 15.3. The average molecular weight is 358 g/mol. The van der Waals surface area contributed by atoms with E-state index in [0.29, 0.717) is 12.2 Å². The molecule has 2 heterocycles. The van der Waals surface area contributed by atoms with Crippen LogP contribution in [0.2, 0.25) is 0 Å². The molecule has 1 amide bonds. The number of hydrogen-bond acceptors (Lipinski definition) is 4. The number of hydrogen-bond donors (Lipinski definition) is 2. The molecule has 0 radical (unpaired) electrons. The van der Waals surface area contributed by atoms with Gasteiger partial charge in [0.25, 0.3) is 5.91 Å². The van der Waals surface area contributed by atoms with Crippen molar-refractivity contribution in [2.75, 3.05) is 20.6 Å². The largest absolute Gasteiger partial charge is 0.349 e. The molecule has 1 aromatic carbocycles. The van der Waals surface area contributed by atoms with Crippen molar-refractivity contribution in [1.82, 2.24) is 20.4 Å². The zero-order valence-corrected chi connectivity index (χ0v) is 14.8. The highest BCUT2D eigenvalue weighted by Gasteiger charge is 2.18. The predicted octanol–water partition coefficient (Wildman–Crippen LogP) is 3.31. The van der Waals surface area contributed by atoms with Crippen LogP contribution in [0.5, 0.6) is 0 Å². The Kier molecular flexibility index (Phi) is 5.25. The van der Waals surface area contributed by atoms with Gasteiger partial charge in [-0.15, -0.1) is 11.3 Å². The van der Waals surface area contributed by atoms with Gasteiger partial charge in [-0.05, 0) is 49.3 Å². The average Bonchev–Trinajstić information content (AvgIpc) is 3.26. The number of aromatic amines is 1. The first-order valence-corrected chi connectivity index (χ1v) is 8.72. The second kappa shape index (κ2) is 7.58. The van der Waals surface area contributed by atoms with Crippen LogP contribution in [0.15, 0.2) is 47.8 Å². The van der Waals surface area contributed by atoms with Crippen molar-refractivity contribution < 1.29 is 9.18 Å². The van der Waals surface area contributed by atoms with Gasteiger partial charge in [0.1, 0.15) is 5.82 Å². The van der Waals surface area contributed by atoms with E-state index >= 15 is 0 Å². The summed E-state index contributed by atoms with van der Waals surface area (Å²) >= 11 is 1.58. The van der Waals surface area contributed by atoms with E-state index in [2.05, 4.69) is 15.5 Å². The summed E-state index contributed by atoms with van der Waals surface area (Å²) in [7, 11) is 3.79. The lowest BCUT2D eigenvalue weighted by atomic mass is 10.1. The molecular formula is C18H19FN4OS. The first-order valence-electron chi connectivity index (χ1n) is 7.84. The van der Waals surface area contributed by atoms with Crippen LogP contribution >= 0.6 is 11.3 Å². The molecule has 5 nitrogen and oxygen atoms in total. The number of nitrogens with one attached hydrogen (secondary N) is 2. The summed E-state index contributed by atoms with van der Waals surface area (Å²) in [6.07, 6.45) is 0. The molecule has 3 aromatic rings. The number of halogens is 1. The Morgan fingerprint density at radius 1 is 1.32 bits per heavy atom. The van der Waals surface area contributed by atoms with Crippen molar-refractivity contribution in [2.45, 2.75) is 6.04 Å². The van der Waals surface area contributed by atoms with Crippen LogP contribution in [0.3, 0.4) is 0 Å². The minimum atomic E-state index is -0.288. The minimum Gasteiger partial charge on any atom is -0.349 e. The zero-order chi connectivity index (χ0) is 17.8. The molecule has 0 spiro atoms. The number of carbonyl (C=O) groups is 1. The molecule has 0 saturated carbocycles. The number of rotatable bonds is 6. The normalized spacial score (nSPS) is 12.3. The summed E-state index contributed by atoms with van der Waals surface area (Å²) in [5.74, 6) is -0.550. The van der Waals surface area contributed by atoms with Gasteiger partial charge in [-0.25, -0.2) is 4.39 Å². The third-order valence-corrected chi connectivity index (χ3v) is 4.81. The van der Waals surface area contributed by atoms with E-state index in [9.17, 15) is 9.18 Å². The minimum absolute atomic E-state index is 0.129. The zero-order valence-electron chi connectivity index (χ0n) is 14.0. The molecule has 130 valence electrons. The lowest BCUT2D eigenvalue weighted by molar-refractivity contribution is 0.0937. The lowest BCUT2D eigenvalue weighted by Crippen LogP contribution is -2.34. The fourth-order valence-corrected chi connectivity index (χ4v) is 3.28. The second-order valence-electron chi connectivity index (χ2n) is 5.89. The fourth-order valence-electron chi connectivity index (χ4n) is 2.59. The summed E-state index contributed by atoms with van der Waals surface area (Å²) in [5, 5.41) is 11.8. The number of likely N-dealkylation sites (N-methyl/N-ethyl adjacent to an activating group) is 1. The molecule has 2 aromatic heterocycles. The summed E-state index contributed by atoms with van der Waals surface area (Å²) in [5.41, 5.74) is 1.96. The van der Waals surface area contributed by atoms with Gasteiger partial charge in [0.05, 0.1) is 16.6 Å². The van der Waals surface area contributed by atoms with Crippen molar-refractivity contribution in [1.29, 1.82) is 0 Å². The highest BCUT2D eigenvalue weighted by atomic mass is 32.1. The van der Waals surface area contributed by atoms with Crippen LogP contribution in [0.4, 0.5) is 4.39 Å². The smallest absolute Gasteiger partial charge is 0.271 e. The quantitative estimate of drug-likeness (QED) is 0.711. The van der Waals surface area contributed by atoms with Crippen molar-refractivity contribution in [3.05, 3.63) is 64.9 Å². The highest BCUT2D eigenvalue weighted by Crippen LogP contribution is 2.23. The molecule has 2 N–H and O–H groups in total. The van der Waals surface area contributed by atoms with Crippen LogP contribution in [0.1, 0.15) is 22.1 Å². The third kappa shape index (κ3) is 4.12. The Morgan fingerprint density at radius 3 is 2.84 bits per heavy atom. The van der Waals surface area contributed by atoms with Crippen LogP contribution in [0.25, 0.3) is 10.6 Å². The van der Waals surface area contributed by atoms with E-state index < -0.39 is 0 Å². The Balaban J connectivity index is 1.68. The third-order valence-electron chi connectivity index (χ3n) is 3.91. The number of nitrogens with zero attached hydrogens (tertiary/aromatic N) is 2. The van der Waals surface area contributed by atoms with E-state index in [1.807, 2.05) is 42.6 Å². The summed E-state index contributed by atoms with van der Waals surface area (Å²) in [6, 6.07) is 11.9. The lowest BCUT2D eigenvalue weighted by Gasteiger charge is -2.25. The summed E-state index contributed by atoms with van der Waals surface area (Å²) < 4.78 is 13.5. The number of H-pyrrole nitrogens is 1. The van der Waals surface area contributed by atoms with E-state index in [0.717, 1.165) is 16.1 Å². The summed E-state index contributed by atoms with van der Waals surface area (Å²) in [6.45, 7) is 0.358. The van der Waals surface area contributed by atoms with Gasteiger partial charge in [-0.3, -0.25) is 9.89 Å². The molecule has 0 fully saturated rings. The molecule has 0 saturated heterocycles. The molecule has 3 rings (SSSR count). The fraction of sp³-hybridized carbons (Fsp3) is 0.222. The highest BCUT2D eigenvalue weighted by molar-refractivity contribution is 7.13. The molecule has 1 unspecified atom stereocenters. The van der Waals surface area contributed by atoms with Gasteiger partial charge in [0.15, 0.2) is 5.69 Å². The van der Waals surface area contributed by atoms with Gasteiger partial charge >= 0.3 is 0 Å². The Hall–Kier alpha value is -2.51.